The van der Waals surface area contributed by atoms with Crippen LogP contribution in [-0.4, -0.2) is 35.2 Å². The minimum atomic E-state index is -0.959. The van der Waals surface area contributed by atoms with Crippen LogP contribution in [0.25, 0.3) is 0 Å². The molecule has 1 amide bonds. The predicted molar refractivity (Wildman–Crippen MR) is 64.6 cm³/mol. The quantitative estimate of drug-likeness (QED) is 0.803. The first-order chi connectivity index (χ1) is 8.09. The molecule has 0 saturated heterocycles. The van der Waals surface area contributed by atoms with E-state index in [9.17, 15) is 9.90 Å². The summed E-state index contributed by atoms with van der Waals surface area (Å²) < 4.78 is 15.6. The normalized spacial score (nSPS) is 19.3. The molecule has 1 aliphatic heterocycles. The average Bonchev–Trinajstić information content (AvgIpc) is 2.52. The molecule has 0 aromatic rings. The van der Waals surface area contributed by atoms with E-state index in [1.807, 2.05) is 0 Å². The SMILES string of the molecule is CC(C)(C)OC(=O)NC[C@H](O)C1=COC(C)(C)O1. The Morgan fingerprint density at radius 2 is 2.17 bits per heavy atom. The Labute approximate surface area is 107 Å². The lowest BCUT2D eigenvalue weighted by atomic mass is 10.2. The standard InChI is InChI=1S/C12H21NO5/c1-11(2,3)18-10(15)13-6-8(14)9-7-16-12(4,5)17-9/h7-8,14H,6H2,1-5H3,(H,13,15)/t8-/m0/s1. The van der Waals surface area contributed by atoms with Crippen molar-refractivity contribution in [2.45, 2.75) is 52.1 Å². The summed E-state index contributed by atoms with van der Waals surface area (Å²) in [6.45, 7) is 8.75. The number of aliphatic hydroxyl groups is 1. The Balaban J connectivity index is 2.34. The van der Waals surface area contributed by atoms with Crippen LogP contribution in [0.4, 0.5) is 4.79 Å². The van der Waals surface area contributed by atoms with Gasteiger partial charge in [-0.15, -0.1) is 0 Å². The maximum absolute atomic E-state index is 11.4. The van der Waals surface area contributed by atoms with Crippen molar-refractivity contribution in [3.8, 4) is 0 Å². The zero-order chi connectivity index (χ0) is 14.0. The molecule has 1 atom stereocenters. The summed E-state index contributed by atoms with van der Waals surface area (Å²) in [4.78, 5) is 11.4. The zero-order valence-corrected chi connectivity index (χ0v) is 11.4. The lowest BCUT2D eigenvalue weighted by molar-refractivity contribution is -0.124. The summed E-state index contributed by atoms with van der Waals surface area (Å²) in [6, 6.07) is 0. The van der Waals surface area contributed by atoms with Gasteiger partial charge < -0.3 is 24.6 Å². The number of carbonyl (C=O) groups is 1. The minimum absolute atomic E-state index is 0.000185. The van der Waals surface area contributed by atoms with Gasteiger partial charge >= 0.3 is 6.09 Å². The fraction of sp³-hybridized carbons (Fsp3) is 0.750. The van der Waals surface area contributed by atoms with Crippen LogP contribution in [0, 0.1) is 0 Å². The van der Waals surface area contributed by atoms with Crippen molar-refractivity contribution in [1.82, 2.24) is 5.32 Å². The third-order valence-electron chi connectivity index (χ3n) is 1.99. The van der Waals surface area contributed by atoms with E-state index in [1.165, 1.54) is 6.26 Å². The first-order valence-electron chi connectivity index (χ1n) is 5.81. The van der Waals surface area contributed by atoms with E-state index in [0.29, 0.717) is 0 Å². The van der Waals surface area contributed by atoms with Gasteiger partial charge in [0.25, 0.3) is 0 Å². The van der Waals surface area contributed by atoms with Crippen LogP contribution in [0.15, 0.2) is 12.0 Å². The molecule has 0 spiro atoms. The van der Waals surface area contributed by atoms with Crippen LogP contribution in [0.1, 0.15) is 34.6 Å². The second-order valence-corrected chi connectivity index (χ2v) is 5.54. The number of ether oxygens (including phenoxy) is 3. The lowest BCUT2D eigenvalue weighted by Crippen LogP contribution is -2.38. The number of rotatable bonds is 3. The van der Waals surface area contributed by atoms with Gasteiger partial charge in [0.1, 0.15) is 18.0 Å². The predicted octanol–water partition coefficient (Wildman–Crippen LogP) is 1.50. The third-order valence-corrected chi connectivity index (χ3v) is 1.99. The number of alkyl carbamates (subject to hydrolysis) is 1. The average molecular weight is 259 g/mol. The molecule has 0 radical (unpaired) electrons. The zero-order valence-electron chi connectivity index (χ0n) is 11.4. The van der Waals surface area contributed by atoms with Crippen molar-refractivity contribution < 1.29 is 24.1 Å². The van der Waals surface area contributed by atoms with Crippen molar-refractivity contribution >= 4 is 6.09 Å². The van der Waals surface area contributed by atoms with Gasteiger partial charge in [-0.05, 0) is 20.8 Å². The summed E-state index contributed by atoms with van der Waals surface area (Å²) >= 11 is 0. The summed E-state index contributed by atoms with van der Waals surface area (Å²) in [6.07, 6.45) is -0.193. The Hall–Kier alpha value is -1.43. The molecule has 6 nitrogen and oxygen atoms in total. The van der Waals surface area contributed by atoms with Gasteiger partial charge in [-0.2, -0.15) is 0 Å². The van der Waals surface area contributed by atoms with Crippen LogP contribution < -0.4 is 5.32 Å². The molecule has 0 bridgehead atoms. The van der Waals surface area contributed by atoms with Gasteiger partial charge in [0.15, 0.2) is 5.76 Å². The van der Waals surface area contributed by atoms with Gasteiger partial charge in [0.05, 0.1) is 6.54 Å². The number of aliphatic hydroxyl groups excluding tert-OH is 1. The summed E-state index contributed by atoms with van der Waals surface area (Å²) in [5, 5.41) is 12.2. The van der Waals surface area contributed by atoms with Gasteiger partial charge in [-0.3, -0.25) is 0 Å². The third kappa shape index (κ3) is 4.83. The second-order valence-electron chi connectivity index (χ2n) is 5.54. The van der Waals surface area contributed by atoms with Crippen LogP contribution in [-0.2, 0) is 14.2 Å². The summed E-state index contributed by atoms with van der Waals surface area (Å²) in [5.41, 5.74) is -0.566. The van der Waals surface area contributed by atoms with Crippen LogP contribution in [0.3, 0.4) is 0 Å². The highest BCUT2D eigenvalue weighted by Gasteiger charge is 2.31. The van der Waals surface area contributed by atoms with Crippen LogP contribution in [0.5, 0.6) is 0 Å². The highest BCUT2D eigenvalue weighted by Crippen LogP contribution is 2.25. The number of carbonyl (C=O) groups excluding carboxylic acids is 1. The van der Waals surface area contributed by atoms with Gasteiger partial charge in [-0.1, -0.05) is 0 Å². The van der Waals surface area contributed by atoms with E-state index >= 15 is 0 Å². The van der Waals surface area contributed by atoms with Crippen molar-refractivity contribution in [2.75, 3.05) is 6.54 Å². The molecule has 0 aliphatic carbocycles. The maximum Gasteiger partial charge on any atom is 0.407 e. The molecular formula is C12H21NO5. The molecule has 104 valence electrons. The Kier molecular flexibility index (Phi) is 4.11. The van der Waals surface area contributed by atoms with Crippen molar-refractivity contribution in [1.29, 1.82) is 0 Å². The van der Waals surface area contributed by atoms with Crippen molar-refractivity contribution in [3.05, 3.63) is 12.0 Å². The second kappa shape index (κ2) is 5.06. The molecule has 2 N–H and O–H groups in total. The smallest absolute Gasteiger partial charge is 0.407 e. The van der Waals surface area contributed by atoms with Crippen molar-refractivity contribution in [3.63, 3.8) is 0 Å². The first-order valence-corrected chi connectivity index (χ1v) is 5.81. The highest BCUT2D eigenvalue weighted by atomic mass is 16.7. The van der Waals surface area contributed by atoms with Gasteiger partial charge in [-0.25, -0.2) is 4.79 Å². The number of nitrogens with one attached hydrogen (secondary N) is 1. The fourth-order valence-corrected chi connectivity index (χ4v) is 1.27. The molecule has 0 fully saturated rings. The molecule has 0 aromatic heterocycles. The number of hydrogen-bond donors (Lipinski definition) is 2. The molecule has 6 heteroatoms. The van der Waals surface area contributed by atoms with Crippen LogP contribution in [0.2, 0.25) is 0 Å². The number of amides is 1. The van der Waals surface area contributed by atoms with Gasteiger partial charge in [0.2, 0.25) is 5.79 Å². The Morgan fingerprint density at radius 1 is 1.56 bits per heavy atom. The van der Waals surface area contributed by atoms with Crippen molar-refractivity contribution in [2.24, 2.45) is 0 Å². The van der Waals surface area contributed by atoms with E-state index in [1.54, 1.807) is 34.6 Å². The summed E-state index contributed by atoms with van der Waals surface area (Å²) in [7, 11) is 0. The molecule has 1 aliphatic rings. The molecule has 0 saturated carbocycles. The molecule has 0 aromatic carbocycles. The highest BCUT2D eigenvalue weighted by molar-refractivity contribution is 5.67. The molecule has 18 heavy (non-hydrogen) atoms. The topological polar surface area (TPSA) is 77.0 Å². The van der Waals surface area contributed by atoms with E-state index in [4.69, 9.17) is 14.2 Å². The summed E-state index contributed by atoms with van der Waals surface area (Å²) in [5.74, 6) is -0.488. The van der Waals surface area contributed by atoms with E-state index in [0.717, 1.165) is 0 Å². The Morgan fingerprint density at radius 3 is 2.61 bits per heavy atom. The van der Waals surface area contributed by atoms with Gasteiger partial charge in [0, 0.05) is 13.8 Å². The molecular weight excluding hydrogens is 238 g/mol. The monoisotopic (exact) mass is 259 g/mol. The largest absolute Gasteiger partial charge is 0.457 e. The first kappa shape index (κ1) is 14.6. The maximum atomic E-state index is 11.4. The van der Waals surface area contributed by atoms with E-state index < -0.39 is 23.6 Å². The number of hydrogen-bond acceptors (Lipinski definition) is 5. The lowest BCUT2D eigenvalue weighted by Gasteiger charge is -2.22. The fourth-order valence-electron chi connectivity index (χ4n) is 1.27. The van der Waals surface area contributed by atoms with Crippen LogP contribution >= 0.6 is 0 Å². The minimum Gasteiger partial charge on any atom is -0.457 e. The van der Waals surface area contributed by atoms with E-state index in [-0.39, 0.29) is 12.3 Å². The molecule has 1 rings (SSSR count). The molecule has 1 heterocycles. The van der Waals surface area contributed by atoms with E-state index in [2.05, 4.69) is 5.32 Å². The Bertz CT molecular complexity index is 343. The molecule has 0 unspecified atom stereocenters.